The Morgan fingerprint density at radius 1 is 1.20 bits per heavy atom. The molecule has 1 saturated heterocycles. The molecule has 0 spiro atoms. The Hall–Kier alpha value is -0.500. The fourth-order valence-electron chi connectivity index (χ4n) is 2.32. The van der Waals surface area contributed by atoms with Gasteiger partial charge < -0.3 is 10.3 Å². The van der Waals surface area contributed by atoms with Crippen LogP contribution in [0.25, 0.3) is 0 Å². The Kier molecular flexibility index (Phi) is 4.40. The van der Waals surface area contributed by atoms with Gasteiger partial charge in [0.05, 0.1) is 4.90 Å². The summed E-state index contributed by atoms with van der Waals surface area (Å²) in [5, 5.41) is 3.37. The number of sulfonamides is 1. The smallest absolute Gasteiger partial charge is 0.242 e. The minimum absolute atomic E-state index is 0.0872. The van der Waals surface area contributed by atoms with E-state index in [-0.39, 0.29) is 6.04 Å². The molecule has 7 heteroatoms. The third-order valence-corrected chi connectivity index (χ3v) is 6.28. The summed E-state index contributed by atoms with van der Waals surface area (Å²) >= 11 is 1.89. The second-order valence-electron chi connectivity index (χ2n) is 5.52. The normalized spacial score (nSPS) is 21.2. The first kappa shape index (κ1) is 14.4. The van der Waals surface area contributed by atoms with Gasteiger partial charge in [0.1, 0.15) is 0 Å². The predicted octanol–water partition coefficient (Wildman–Crippen LogP) is 1.44. The number of aromatic amines is 1. The van der Waals surface area contributed by atoms with E-state index in [1.165, 1.54) is 12.8 Å². The van der Waals surface area contributed by atoms with Crippen molar-refractivity contribution in [3.05, 3.63) is 18.0 Å². The molecule has 20 heavy (non-hydrogen) atoms. The van der Waals surface area contributed by atoms with Crippen molar-refractivity contribution in [3.63, 3.8) is 0 Å². The van der Waals surface area contributed by atoms with Crippen molar-refractivity contribution < 1.29 is 8.42 Å². The van der Waals surface area contributed by atoms with Crippen molar-refractivity contribution >= 4 is 21.8 Å². The van der Waals surface area contributed by atoms with Crippen LogP contribution >= 0.6 is 11.8 Å². The fraction of sp³-hybridized carbons (Fsp3) is 0.692. The predicted molar refractivity (Wildman–Crippen MR) is 81.3 cm³/mol. The lowest BCUT2D eigenvalue weighted by atomic mass is 10.2. The molecule has 0 radical (unpaired) electrons. The largest absolute Gasteiger partial charge is 0.363 e. The number of thioether (sulfide) groups is 1. The highest BCUT2D eigenvalue weighted by atomic mass is 32.2. The van der Waals surface area contributed by atoms with E-state index in [1.807, 2.05) is 11.8 Å². The van der Waals surface area contributed by atoms with Crippen LogP contribution in [0.3, 0.4) is 0 Å². The molecule has 5 nitrogen and oxygen atoms in total. The molecule has 0 amide bonds. The highest BCUT2D eigenvalue weighted by Gasteiger charge is 2.24. The molecule has 0 unspecified atom stereocenters. The lowest BCUT2D eigenvalue weighted by molar-refractivity contribution is 0.529. The van der Waals surface area contributed by atoms with Crippen molar-refractivity contribution in [1.29, 1.82) is 0 Å². The quantitative estimate of drug-likeness (QED) is 0.743. The summed E-state index contributed by atoms with van der Waals surface area (Å²) in [4.78, 5) is 3.40. The van der Waals surface area contributed by atoms with Gasteiger partial charge in [-0.3, -0.25) is 0 Å². The standard InChI is InChI=1S/C13H21N3O2S2/c17-20(18,16-11-3-5-19-6-4-11)13-7-12(15-9-13)8-14-10-1-2-10/h7,9-11,14-16H,1-6,8H2. The van der Waals surface area contributed by atoms with E-state index in [0.29, 0.717) is 17.5 Å². The third kappa shape index (κ3) is 3.78. The first-order valence-corrected chi connectivity index (χ1v) is 9.78. The van der Waals surface area contributed by atoms with E-state index < -0.39 is 10.0 Å². The Morgan fingerprint density at radius 2 is 1.95 bits per heavy atom. The van der Waals surface area contributed by atoms with Crippen LogP contribution in [-0.2, 0) is 16.6 Å². The minimum Gasteiger partial charge on any atom is -0.363 e. The van der Waals surface area contributed by atoms with E-state index in [4.69, 9.17) is 0 Å². The van der Waals surface area contributed by atoms with Crippen molar-refractivity contribution in [1.82, 2.24) is 15.0 Å². The van der Waals surface area contributed by atoms with E-state index in [1.54, 1.807) is 12.3 Å². The van der Waals surface area contributed by atoms with Crippen molar-refractivity contribution in [2.45, 2.75) is 49.2 Å². The molecule has 2 fully saturated rings. The highest BCUT2D eigenvalue weighted by molar-refractivity contribution is 7.99. The highest BCUT2D eigenvalue weighted by Crippen LogP contribution is 2.21. The molecule has 2 heterocycles. The zero-order valence-corrected chi connectivity index (χ0v) is 13.0. The van der Waals surface area contributed by atoms with Gasteiger partial charge in [0.2, 0.25) is 10.0 Å². The molecule has 0 atom stereocenters. The Balaban J connectivity index is 1.60. The second kappa shape index (κ2) is 6.09. The zero-order chi connectivity index (χ0) is 14.0. The number of hydrogen-bond acceptors (Lipinski definition) is 4. The van der Waals surface area contributed by atoms with Gasteiger partial charge in [0, 0.05) is 30.5 Å². The van der Waals surface area contributed by atoms with Gasteiger partial charge in [0.25, 0.3) is 0 Å². The molecular formula is C13H21N3O2S2. The molecule has 1 aliphatic carbocycles. The molecule has 3 rings (SSSR count). The summed E-state index contributed by atoms with van der Waals surface area (Å²) in [5.74, 6) is 2.08. The number of hydrogen-bond donors (Lipinski definition) is 3. The lowest BCUT2D eigenvalue weighted by Crippen LogP contribution is -2.37. The second-order valence-corrected chi connectivity index (χ2v) is 8.46. The van der Waals surface area contributed by atoms with Crippen LogP contribution in [0.1, 0.15) is 31.4 Å². The Labute approximate surface area is 124 Å². The Bertz CT molecular complexity index is 546. The van der Waals surface area contributed by atoms with Crippen LogP contribution in [0.5, 0.6) is 0 Å². The number of rotatable bonds is 6. The van der Waals surface area contributed by atoms with E-state index in [9.17, 15) is 8.42 Å². The van der Waals surface area contributed by atoms with E-state index in [2.05, 4.69) is 15.0 Å². The summed E-state index contributed by atoms with van der Waals surface area (Å²) in [6.45, 7) is 0.709. The average Bonchev–Trinajstić information content (AvgIpc) is 3.13. The number of nitrogens with one attached hydrogen (secondary N) is 3. The van der Waals surface area contributed by atoms with Crippen LogP contribution in [0, 0.1) is 0 Å². The number of aromatic nitrogens is 1. The Morgan fingerprint density at radius 3 is 2.65 bits per heavy atom. The molecule has 112 valence electrons. The van der Waals surface area contributed by atoms with Crippen molar-refractivity contribution in [2.24, 2.45) is 0 Å². The van der Waals surface area contributed by atoms with Crippen LogP contribution in [0.2, 0.25) is 0 Å². The van der Waals surface area contributed by atoms with E-state index in [0.717, 1.165) is 30.0 Å². The number of H-pyrrole nitrogens is 1. The molecular weight excluding hydrogens is 294 g/mol. The van der Waals surface area contributed by atoms with E-state index >= 15 is 0 Å². The molecule has 3 N–H and O–H groups in total. The van der Waals surface area contributed by atoms with Crippen LogP contribution in [-0.4, -0.2) is 37.0 Å². The zero-order valence-electron chi connectivity index (χ0n) is 11.4. The summed E-state index contributed by atoms with van der Waals surface area (Å²) in [6, 6.07) is 2.44. The van der Waals surface area contributed by atoms with Gasteiger partial charge in [-0.15, -0.1) is 0 Å². The average molecular weight is 315 g/mol. The summed E-state index contributed by atoms with van der Waals surface area (Å²) in [6.07, 6.45) is 5.89. The molecule has 1 aliphatic heterocycles. The fourth-order valence-corrected chi connectivity index (χ4v) is 4.75. The SMILES string of the molecule is O=S(=O)(NC1CCSCC1)c1c[nH]c(CNC2CC2)c1. The molecule has 1 aromatic rings. The van der Waals surface area contributed by atoms with Crippen LogP contribution in [0.15, 0.2) is 17.2 Å². The van der Waals surface area contributed by atoms with Crippen LogP contribution < -0.4 is 10.0 Å². The van der Waals surface area contributed by atoms with Gasteiger partial charge in [-0.1, -0.05) is 0 Å². The topological polar surface area (TPSA) is 74.0 Å². The molecule has 2 aliphatic rings. The van der Waals surface area contributed by atoms with Gasteiger partial charge >= 0.3 is 0 Å². The molecule has 0 bridgehead atoms. The lowest BCUT2D eigenvalue weighted by Gasteiger charge is -2.21. The summed E-state index contributed by atoms with van der Waals surface area (Å²) < 4.78 is 27.4. The molecule has 1 aromatic heterocycles. The monoisotopic (exact) mass is 315 g/mol. The maximum atomic E-state index is 12.3. The third-order valence-electron chi connectivity index (χ3n) is 3.73. The summed E-state index contributed by atoms with van der Waals surface area (Å²) in [5.41, 5.74) is 0.927. The minimum atomic E-state index is -3.38. The maximum Gasteiger partial charge on any atom is 0.242 e. The van der Waals surface area contributed by atoms with Crippen LogP contribution in [0.4, 0.5) is 0 Å². The van der Waals surface area contributed by atoms with Crippen molar-refractivity contribution in [3.8, 4) is 0 Å². The van der Waals surface area contributed by atoms with Crippen molar-refractivity contribution in [2.75, 3.05) is 11.5 Å². The van der Waals surface area contributed by atoms with Gasteiger partial charge in [0.15, 0.2) is 0 Å². The first-order chi connectivity index (χ1) is 9.63. The summed E-state index contributed by atoms with van der Waals surface area (Å²) in [7, 11) is -3.38. The molecule has 1 saturated carbocycles. The molecule has 0 aromatic carbocycles. The van der Waals surface area contributed by atoms with Gasteiger partial charge in [-0.2, -0.15) is 11.8 Å². The van der Waals surface area contributed by atoms with Gasteiger partial charge in [-0.25, -0.2) is 13.1 Å². The maximum absolute atomic E-state index is 12.3. The first-order valence-electron chi connectivity index (χ1n) is 7.14. The van der Waals surface area contributed by atoms with Gasteiger partial charge in [-0.05, 0) is 43.3 Å².